The van der Waals surface area contributed by atoms with Gasteiger partial charge in [0.1, 0.15) is 16.9 Å². The van der Waals surface area contributed by atoms with Crippen LogP contribution in [0.3, 0.4) is 0 Å². The SMILES string of the molecule is COc1cc2c(cc1NC(=O)c1cc3ccccc3s1)oc1ccccc12. The minimum atomic E-state index is -0.162. The average molecular weight is 373 g/mol. The van der Waals surface area contributed by atoms with E-state index in [4.69, 9.17) is 9.15 Å². The highest BCUT2D eigenvalue weighted by atomic mass is 32.1. The van der Waals surface area contributed by atoms with Gasteiger partial charge in [-0.15, -0.1) is 11.3 Å². The van der Waals surface area contributed by atoms with Crippen molar-refractivity contribution < 1.29 is 13.9 Å². The van der Waals surface area contributed by atoms with Gasteiger partial charge in [-0.1, -0.05) is 36.4 Å². The zero-order valence-electron chi connectivity index (χ0n) is 14.5. The lowest BCUT2D eigenvalue weighted by Gasteiger charge is -2.09. The molecule has 0 aliphatic heterocycles. The number of fused-ring (bicyclic) bond motifs is 4. The standard InChI is InChI=1S/C22H15NO3S/c1-25-19-11-15-14-7-3-4-8-17(14)26-18(15)12-16(19)23-22(24)21-10-13-6-2-5-9-20(13)27-21/h2-12H,1H3,(H,23,24). The molecule has 2 heterocycles. The quantitative estimate of drug-likeness (QED) is 0.418. The van der Waals surface area contributed by atoms with Gasteiger partial charge in [0.15, 0.2) is 0 Å². The lowest BCUT2D eigenvalue weighted by Crippen LogP contribution is -2.11. The van der Waals surface area contributed by atoms with E-state index in [9.17, 15) is 4.79 Å². The molecule has 0 fully saturated rings. The summed E-state index contributed by atoms with van der Waals surface area (Å²) in [5, 5.41) is 6.01. The molecule has 132 valence electrons. The molecule has 4 nitrogen and oxygen atoms in total. The Morgan fingerprint density at radius 3 is 2.63 bits per heavy atom. The summed E-state index contributed by atoms with van der Waals surface area (Å²) in [5.74, 6) is 0.438. The maximum absolute atomic E-state index is 12.8. The molecular weight excluding hydrogens is 358 g/mol. The maximum atomic E-state index is 12.8. The van der Waals surface area contributed by atoms with Gasteiger partial charge in [0, 0.05) is 21.5 Å². The minimum absolute atomic E-state index is 0.162. The predicted molar refractivity (Wildman–Crippen MR) is 110 cm³/mol. The highest BCUT2D eigenvalue weighted by Gasteiger charge is 2.16. The van der Waals surface area contributed by atoms with Gasteiger partial charge in [-0.05, 0) is 29.7 Å². The number of carbonyl (C=O) groups excluding carboxylic acids is 1. The van der Waals surface area contributed by atoms with Gasteiger partial charge in [-0.3, -0.25) is 4.79 Å². The molecule has 0 aliphatic rings. The van der Waals surface area contributed by atoms with Crippen LogP contribution in [0.15, 0.2) is 71.1 Å². The Hall–Kier alpha value is -3.31. The Morgan fingerprint density at radius 1 is 0.963 bits per heavy atom. The molecule has 0 spiro atoms. The third-order valence-corrected chi connectivity index (χ3v) is 5.71. The van der Waals surface area contributed by atoms with E-state index in [-0.39, 0.29) is 5.91 Å². The molecular formula is C22H15NO3S. The molecule has 5 aromatic rings. The zero-order valence-corrected chi connectivity index (χ0v) is 15.3. The summed E-state index contributed by atoms with van der Waals surface area (Å²) in [5.41, 5.74) is 2.11. The smallest absolute Gasteiger partial charge is 0.265 e. The fourth-order valence-electron chi connectivity index (χ4n) is 3.30. The maximum Gasteiger partial charge on any atom is 0.265 e. The van der Waals surface area contributed by atoms with E-state index in [0.29, 0.717) is 21.9 Å². The second-order valence-electron chi connectivity index (χ2n) is 6.25. The zero-order chi connectivity index (χ0) is 18.4. The summed E-state index contributed by atoms with van der Waals surface area (Å²) in [6, 6.07) is 21.4. The van der Waals surface area contributed by atoms with Crippen LogP contribution in [0.2, 0.25) is 0 Å². The Labute approximate surface area is 159 Å². The van der Waals surface area contributed by atoms with Crippen molar-refractivity contribution in [3.05, 3.63) is 71.6 Å². The Bertz CT molecular complexity index is 1280. The second-order valence-corrected chi connectivity index (χ2v) is 7.33. The van der Waals surface area contributed by atoms with Crippen LogP contribution in [0.5, 0.6) is 5.75 Å². The number of methoxy groups -OCH3 is 1. The fraction of sp³-hybridized carbons (Fsp3) is 0.0455. The van der Waals surface area contributed by atoms with E-state index in [0.717, 1.165) is 26.4 Å². The number of rotatable bonds is 3. The lowest BCUT2D eigenvalue weighted by atomic mass is 10.1. The van der Waals surface area contributed by atoms with Crippen molar-refractivity contribution in [1.82, 2.24) is 0 Å². The van der Waals surface area contributed by atoms with Crippen LogP contribution >= 0.6 is 11.3 Å². The molecule has 5 rings (SSSR count). The number of ether oxygens (including phenoxy) is 1. The van der Waals surface area contributed by atoms with E-state index >= 15 is 0 Å². The van der Waals surface area contributed by atoms with Crippen LogP contribution < -0.4 is 10.1 Å². The van der Waals surface area contributed by atoms with Crippen LogP contribution in [0.1, 0.15) is 9.67 Å². The largest absolute Gasteiger partial charge is 0.495 e. The average Bonchev–Trinajstić information content (AvgIpc) is 3.28. The second kappa shape index (κ2) is 6.14. The Morgan fingerprint density at radius 2 is 1.78 bits per heavy atom. The number of para-hydroxylation sites is 1. The van der Waals surface area contributed by atoms with Crippen molar-refractivity contribution in [3.8, 4) is 5.75 Å². The number of anilines is 1. The fourth-order valence-corrected chi connectivity index (χ4v) is 4.25. The van der Waals surface area contributed by atoms with E-state index in [1.165, 1.54) is 11.3 Å². The number of hydrogen-bond acceptors (Lipinski definition) is 4. The summed E-state index contributed by atoms with van der Waals surface area (Å²) in [4.78, 5) is 13.4. The molecule has 0 unspecified atom stereocenters. The van der Waals surface area contributed by atoms with E-state index in [1.807, 2.05) is 66.7 Å². The summed E-state index contributed by atoms with van der Waals surface area (Å²) in [7, 11) is 1.60. The minimum Gasteiger partial charge on any atom is -0.495 e. The van der Waals surface area contributed by atoms with E-state index in [2.05, 4.69) is 5.32 Å². The number of carbonyl (C=O) groups is 1. The number of furan rings is 1. The molecule has 3 aromatic carbocycles. The van der Waals surface area contributed by atoms with Crippen molar-refractivity contribution in [2.45, 2.75) is 0 Å². The van der Waals surface area contributed by atoms with Crippen LogP contribution in [0, 0.1) is 0 Å². The highest BCUT2D eigenvalue weighted by Crippen LogP contribution is 2.37. The van der Waals surface area contributed by atoms with Gasteiger partial charge in [-0.2, -0.15) is 0 Å². The molecule has 27 heavy (non-hydrogen) atoms. The predicted octanol–water partition coefficient (Wildman–Crippen LogP) is 6.06. The first-order valence-corrected chi connectivity index (χ1v) is 9.34. The first-order chi connectivity index (χ1) is 13.2. The van der Waals surface area contributed by atoms with E-state index in [1.54, 1.807) is 7.11 Å². The van der Waals surface area contributed by atoms with E-state index < -0.39 is 0 Å². The van der Waals surface area contributed by atoms with Gasteiger partial charge in [0.05, 0.1) is 17.7 Å². The molecule has 5 heteroatoms. The van der Waals surface area contributed by atoms with Crippen molar-refractivity contribution in [2.24, 2.45) is 0 Å². The van der Waals surface area contributed by atoms with Gasteiger partial charge in [-0.25, -0.2) is 0 Å². The molecule has 1 N–H and O–H groups in total. The summed E-state index contributed by atoms with van der Waals surface area (Å²) in [6.45, 7) is 0. The van der Waals surface area contributed by atoms with Gasteiger partial charge < -0.3 is 14.5 Å². The molecule has 0 atom stereocenters. The number of amides is 1. The van der Waals surface area contributed by atoms with Crippen molar-refractivity contribution in [3.63, 3.8) is 0 Å². The molecule has 2 aromatic heterocycles. The number of thiophene rings is 1. The van der Waals surface area contributed by atoms with Crippen LogP contribution in [-0.4, -0.2) is 13.0 Å². The summed E-state index contributed by atoms with van der Waals surface area (Å²) in [6.07, 6.45) is 0. The Kier molecular flexibility index (Phi) is 3.62. The topological polar surface area (TPSA) is 51.5 Å². The Balaban J connectivity index is 1.57. The van der Waals surface area contributed by atoms with Gasteiger partial charge in [0.2, 0.25) is 0 Å². The number of hydrogen-bond donors (Lipinski definition) is 1. The molecule has 0 saturated heterocycles. The van der Waals surface area contributed by atoms with Crippen LogP contribution in [0.25, 0.3) is 32.0 Å². The third kappa shape index (κ3) is 2.64. The third-order valence-electron chi connectivity index (χ3n) is 4.60. The normalized spacial score (nSPS) is 11.3. The van der Waals surface area contributed by atoms with Gasteiger partial charge >= 0.3 is 0 Å². The van der Waals surface area contributed by atoms with Gasteiger partial charge in [0.25, 0.3) is 5.91 Å². The molecule has 1 amide bonds. The molecule has 0 radical (unpaired) electrons. The monoisotopic (exact) mass is 373 g/mol. The molecule has 0 saturated carbocycles. The number of benzene rings is 3. The highest BCUT2D eigenvalue weighted by molar-refractivity contribution is 7.20. The van der Waals surface area contributed by atoms with Crippen molar-refractivity contribution in [2.75, 3.05) is 12.4 Å². The van der Waals surface area contributed by atoms with Crippen LogP contribution in [-0.2, 0) is 0 Å². The molecule has 0 bridgehead atoms. The van der Waals surface area contributed by atoms with Crippen molar-refractivity contribution in [1.29, 1.82) is 0 Å². The lowest BCUT2D eigenvalue weighted by molar-refractivity contribution is 0.103. The first-order valence-electron chi connectivity index (χ1n) is 8.52. The first kappa shape index (κ1) is 15.9. The number of nitrogens with one attached hydrogen (secondary N) is 1. The van der Waals surface area contributed by atoms with Crippen LogP contribution in [0.4, 0.5) is 5.69 Å². The van der Waals surface area contributed by atoms with Crippen molar-refractivity contribution >= 4 is 55.0 Å². The summed E-state index contributed by atoms with van der Waals surface area (Å²) >= 11 is 1.47. The molecule has 0 aliphatic carbocycles. The summed E-state index contributed by atoms with van der Waals surface area (Å²) < 4.78 is 12.5.